The number of rotatable bonds is 8. The minimum Gasteiger partial charge on any atom is -0.539 e. The fourth-order valence-corrected chi connectivity index (χ4v) is 4.37. The molecule has 8 heteroatoms. The van der Waals surface area contributed by atoms with Crippen LogP contribution >= 0.6 is 0 Å². The average Bonchev–Trinajstić information content (AvgIpc) is 2.81. The van der Waals surface area contributed by atoms with Crippen molar-refractivity contribution in [2.24, 2.45) is 0 Å². The zero-order valence-electron chi connectivity index (χ0n) is 21.4. The quantitative estimate of drug-likeness (QED) is 0.347. The Morgan fingerprint density at radius 2 is 1.47 bits per heavy atom. The molecule has 3 rings (SSSR count). The van der Waals surface area contributed by atoms with Crippen molar-refractivity contribution in [3.8, 4) is 34.5 Å². The van der Waals surface area contributed by atoms with Crippen LogP contribution in [0.25, 0.3) is 6.08 Å². The third kappa shape index (κ3) is 4.73. The first-order valence-electron chi connectivity index (χ1n) is 11.1. The number of ketones is 1. The van der Waals surface area contributed by atoms with Gasteiger partial charge in [-0.15, -0.1) is 0 Å². The molecular formula is C26H34O7Si. The number of carbonyl (C=O) groups excluding carboxylic acids is 1. The van der Waals surface area contributed by atoms with Gasteiger partial charge < -0.3 is 28.1 Å². The Balaban J connectivity index is 2.02. The maximum atomic E-state index is 13.5. The first-order chi connectivity index (χ1) is 16.0. The number of ether oxygens (including phenoxy) is 5. The summed E-state index contributed by atoms with van der Waals surface area (Å²) < 4.78 is 34.6. The van der Waals surface area contributed by atoms with E-state index in [4.69, 9.17) is 28.1 Å². The van der Waals surface area contributed by atoms with Gasteiger partial charge in [-0.2, -0.15) is 0 Å². The molecule has 184 valence electrons. The number of hydrogen-bond acceptors (Lipinski definition) is 7. The SMILES string of the molecule is COc1cc(C(=O)C2C=Cc3ccc(OC)c(O[Si](C)(C)C(C)(C)C)c3O2)cc(OC)c1OC. The molecule has 34 heavy (non-hydrogen) atoms. The minimum absolute atomic E-state index is 0.0311. The summed E-state index contributed by atoms with van der Waals surface area (Å²) in [5.74, 6) is 2.56. The lowest BCUT2D eigenvalue weighted by Crippen LogP contribution is -2.44. The molecule has 0 bridgehead atoms. The van der Waals surface area contributed by atoms with Crippen LogP contribution in [0.1, 0.15) is 36.7 Å². The highest BCUT2D eigenvalue weighted by molar-refractivity contribution is 6.74. The van der Waals surface area contributed by atoms with E-state index in [-0.39, 0.29) is 10.8 Å². The van der Waals surface area contributed by atoms with Gasteiger partial charge in [-0.3, -0.25) is 4.79 Å². The van der Waals surface area contributed by atoms with Crippen molar-refractivity contribution >= 4 is 20.2 Å². The van der Waals surface area contributed by atoms with Crippen molar-refractivity contribution in [2.75, 3.05) is 28.4 Å². The number of fused-ring (bicyclic) bond motifs is 1. The Kier molecular flexibility index (Phi) is 7.21. The zero-order valence-corrected chi connectivity index (χ0v) is 22.4. The van der Waals surface area contributed by atoms with Crippen LogP contribution in [-0.4, -0.2) is 48.6 Å². The Morgan fingerprint density at radius 1 is 0.882 bits per heavy atom. The Morgan fingerprint density at radius 3 is 1.97 bits per heavy atom. The second-order valence-electron chi connectivity index (χ2n) is 9.55. The highest BCUT2D eigenvalue weighted by atomic mass is 28.4. The number of hydrogen-bond donors (Lipinski definition) is 0. The molecular weight excluding hydrogens is 452 g/mol. The van der Waals surface area contributed by atoms with Crippen LogP contribution in [0.3, 0.4) is 0 Å². The van der Waals surface area contributed by atoms with Crippen molar-refractivity contribution in [1.82, 2.24) is 0 Å². The van der Waals surface area contributed by atoms with Crippen LogP contribution < -0.4 is 28.1 Å². The normalized spacial score (nSPS) is 15.1. The first-order valence-corrected chi connectivity index (χ1v) is 14.0. The number of methoxy groups -OCH3 is 4. The molecule has 0 fully saturated rings. The molecule has 1 aliphatic heterocycles. The fourth-order valence-electron chi connectivity index (χ4n) is 3.36. The lowest BCUT2D eigenvalue weighted by Gasteiger charge is -2.37. The van der Waals surface area contributed by atoms with Crippen molar-refractivity contribution in [2.45, 2.75) is 45.0 Å². The van der Waals surface area contributed by atoms with Crippen molar-refractivity contribution in [1.29, 1.82) is 0 Å². The number of carbonyl (C=O) groups is 1. The second kappa shape index (κ2) is 9.62. The standard InChI is InChI=1S/C26H34O7Si/c1-26(2,3)34(8,9)33-25-19(28-4)13-11-16-10-12-18(32-23(16)25)22(27)17-14-20(29-5)24(31-7)21(15-17)30-6/h10-15,18H,1-9H3. The van der Waals surface area contributed by atoms with Gasteiger partial charge in [-0.25, -0.2) is 0 Å². The molecule has 1 heterocycles. The number of Topliss-reactive ketones (excluding diaryl/α,β-unsaturated/α-hetero) is 1. The van der Waals surface area contributed by atoms with E-state index in [1.54, 1.807) is 25.3 Å². The van der Waals surface area contributed by atoms with Gasteiger partial charge in [0.25, 0.3) is 8.32 Å². The Hall–Kier alpha value is -3.13. The summed E-state index contributed by atoms with van der Waals surface area (Å²) in [5, 5.41) is -0.0311. The van der Waals surface area contributed by atoms with Crippen molar-refractivity contribution in [3.05, 3.63) is 41.5 Å². The molecule has 0 aromatic heterocycles. The van der Waals surface area contributed by atoms with Crippen LogP contribution in [0.2, 0.25) is 18.1 Å². The first kappa shape index (κ1) is 25.5. The van der Waals surface area contributed by atoms with Crippen LogP contribution in [0.15, 0.2) is 30.3 Å². The molecule has 0 N–H and O–H groups in total. The Labute approximate surface area is 202 Å². The predicted octanol–water partition coefficient (Wildman–Crippen LogP) is 5.76. The topological polar surface area (TPSA) is 72.5 Å². The largest absolute Gasteiger partial charge is 0.539 e. The average molecular weight is 487 g/mol. The summed E-state index contributed by atoms with van der Waals surface area (Å²) in [5.41, 5.74) is 1.20. The van der Waals surface area contributed by atoms with Crippen LogP contribution in [-0.2, 0) is 0 Å². The van der Waals surface area contributed by atoms with Gasteiger partial charge in [0.05, 0.1) is 28.4 Å². The van der Waals surface area contributed by atoms with Gasteiger partial charge in [0.1, 0.15) is 0 Å². The maximum absolute atomic E-state index is 13.5. The molecule has 1 aliphatic rings. The van der Waals surface area contributed by atoms with E-state index in [0.29, 0.717) is 40.1 Å². The summed E-state index contributed by atoms with van der Waals surface area (Å²) in [6.07, 6.45) is 2.75. The lowest BCUT2D eigenvalue weighted by molar-refractivity contribution is 0.0845. The molecule has 0 saturated heterocycles. The molecule has 0 amide bonds. The van der Waals surface area contributed by atoms with E-state index in [1.807, 2.05) is 18.2 Å². The Bertz CT molecular complexity index is 1070. The third-order valence-corrected chi connectivity index (χ3v) is 10.7. The van der Waals surface area contributed by atoms with E-state index in [0.717, 1.165) is 5.56 Å². The molecule has 0 saturated carbocycles. The van der Waals surface area contributed by atoms with Crippen molar-refractivity contribution < 1.29 is 32.9 Å². The van der Waals surface area contributed by atoms with E-state index < -0.39 is 14.4 Å². The van der Waals surface area contributed by atoms with Gasteiger partial charge in [0, 0.05) is 11.1 Å². The molecule has 0 aliphatic carbocycles. The van der Waals surface area contributed by atoms with Gasteiger partial charge >= 0.3 is 0 Å². The molecule has 2 aromatic rings. The molecule has 2 aromatic carbocycles. The zero-order chi connectivity index (χ0) is 25.3. The number of benzene rings is 2. The van der Waals surface area contributed by atoms with E-state index in [2.05, 4.69) is 33.9 Å². The highest BCUT2D eigenvalue weighted by Crippen LogP contribution is 2.48. The predicted molar refractivity (Wildman–Crippen MR) is 135 cm³/mol. The van der Waals surface area contributed by atoms with E-state index in [9.17, 15) is 4.79 Å². The third-order valence-electron chi connectivity index (χ3n) is 6.39. The molecule has 7 nitrogen and oxygen atoms in total. The smallest absolute Gasteiger partial charge is 0.250 e. The van der Waals surface area contributed by atoms with Gasteiger partial charge in [-0.05, 0) is 48.5 Å². The summed E-state index contributed by atoms with van der Waals surface area (Å²) in [4.78, 5) is 13.5. The van der Waals surface area contributed by atoms with Gasteiger partial charge in [0.2, 0.25) is 11.5 Å². The summed E-state index contributed by atoms with van der Waals surface area (Å²) >= 11 is 0. The van der Waals surface area contributed by atoms with Crippen LogP contribution in [0.5, 0.6) is 34.5 Å². The maximum Gasteiger partial charge on any atom is 0.250 e. The van der Waals surface area contributed by atoms with E-state index in [1.165, 1.54) is 21.3 Å². The summed E-state index contributed by atoms with van der Waals surface area (Å²) in [6, 6.07) is 6.99. The highest BCUT2D eigenvalue weighted by Gasteiger charge is 2.41. The minimum atomic E-state index is -2.22. The van der Waals surface area contributed by atoms with E-state index >= 15 is 0 Å². The lowest BCUT2D eigenvalue weighted by atomic mass is 10.0. The summed E-state index contributed by atoms with van der Waals surface area (Å²) in [7, 11) is 3.91. The van der Waals surface area contributed by atoms with Gasteiger partial charge in [-0.1, -0.05) is 26.8 Å². The molecule has 1 atom stereocenters. The molecule has 1 unspecified atom stereocenters. The van der Waals surface area contributed by atoms with Crippen LogP contribution in [0, 0.1) is 0 Å². The molecule has 0 radical (unpaired) electrons. The summed E-state index contributed by atoms with van der Waals surface area (Å²) in [6.45, 7) is 10.8. The second-order valence-corrected chi connectivity index (χ2v) is 14.3. The van der Waals surface area contributed by atoms with Crippen molar-refractivity contribution in [3.63, 3.8) is 0 Å². The fraction of sp³-hybridized carbons (Fsp3) is 0.423. The van der Waals surface area contributed by atoms with Gasteiger partial charge in [0.15, 0.2) is 34.9 Å². The molecule has 0 spiro atoms. The monoisotopic (exact) mass is 486 g/mol. The van der Waals surface area contributed by atoms with Crippen LogP contribution in [0.4, 0.5) is 0 Å².